The second-order valence-electron chi connectivity index (χ2n) is 6.62. The second kappa shape index (κ2) is 7.90. The van der Waals surface area contributed by atoms with E-state index in [2.05, 4.69) is 46.6 Å². The molecule has 24 heavy (non-hydrogen) atoms. The highest BCUT2D eigenvalue weighted by atomic mass is 16.1. The molecule has 0 spiro atoms. The van der Waals surface area contributed by atoms with E-state index in [0.29, 0.717) is 17.4 Å². The molecule has 1 aromatic carbocycles. The molecule has 1 heterocycles. The molecular weight excluding hydrogens is 300 g/mol. The number of carbonyl (C=O) groups is 1. The van der Waals surface area contributed by atoms with Gasteiger partial charge >= 0.3 is 0 Å². The van der Waals surface area contributed by atoms with E-state index in [4.69, 9.17) is 0 Å². The molecule has 2 N–H and O–H groups in total. The Kier molecular flexibility index (Phi) is 5.90. The molecule has 0 fully saturated rings. The van der Waals surface area contributed by atoms with Gasteiger partial charge in [0.15, 0.2) is 0 Å². The van der Waals surface area contributed by atoms with Crippen LogP contribution in [0.1, 0.15) is 47.4 Å². The van der Waals surface area contributed by atoms with Gasteiger partial charge in [-0.2, -0.15) is 0 Å². The molecule has 0 saturated carbocycles. The number of benzene rings is 1. The maximum atomic E-state index is 12.4. The SMILES string of the molecule is Cc1cc(C)c(NC(=O)c2cnc(NCCC(C)C)cn2)c(C)c1. The van der Waals surface area contributed by atoms with Gasteiger partial charge in [-0.15, -0.1) is 0 Å². The van der Waals surface area contributed by atoms with Crippen molar-refractivity contribution in [2.45, 2.75) is 41.0 Å². The monoisotopic (exact) mass is 326 g/mol. The lowest BCUT2D eigenvalue weighted by Crippen LogP contribution is -2.16. The van der Waals surface area contributed by atoms with Crippen LogP contribution in [-0.4, -0.2) is 22.4 Å². The van der Waals surface area contributed by atoms with Gasteiger partial charge in [-0.05, 0) is 44.2 Å². The third-order valence-electron chi connectivity index (χ3n) is 3.83. The highest BCUT2D eigenvalue weighted by molar-refractivity contribution is 6.03. The summed E-state index contributed by atoms with van der Waals surface area (Å²) in [4.78, 5) is 20.9. The number of nitrogens with zero attached hydrogens (tertiary/aromatic N) is 2. The topological polar surface area (TPSA) is 66.9 Å². The Hall–Kier alpha value is -2.43. The van der Waals surface area contributed by atoms with Crippen LogP contribution in [-0.2, 0) is 0 Å². The van der Waals surface area contributed by atoms with E-state index in [-0.39, 0.29) is 5.91 Å². The first-order valence-electron chi connectivity index (χ1n) is 8.32. The van der Waals surface area contributed by atoms with Gasteiger partial charge < -0.3 is 10.6 Å². The lowest BCUT2D eigenvalue weighted by molar-refractivity contribution is 0.102. The van der Waals surface area contributed by atoms with Crippen LogP contribution >= 0.6 is 0 Å². The molecule has 0 unspecified atom stereocenters. The number of aromatic nitrogens is 2. The lowest BCUT2D eigenvalue weighted by atomic mass is 10.1. The second-order valence-corrected chi connectivity index (χ2v) is 6.62. The maximum Gasteiger partial charge on any atom is 0.275 e. The molecule has 0 aliphatic rings. The van der Waals surface area contributed by atoms with Gasteiger partial charge in [-0.1, -0.05) is 31.5 Å². The van der Waals surface area contributed by atoms with Crippen molar-refractivity contribution >= 4 is 17.4 Å². The smallest absolute Gasteiger partial charge is 0.275 e. The molecule has 2 aromatic rings. The van der Waals surface area contributed by atoms with Crippen molar-refractivity contribution in [3.05, 3.63) is 46.9 Å². The summed E-state index contributed by atoms with van der Waals surface area (Å²) in [6, 6.07) is 4.10. The first-order chi connectivity index (χ1) is 11.4. The third kappa shape index (κ3) is 4.78. The van der Waals surface area contributed by atoms with Crippen molar-refractivity contribution in [1.82, 2.24) is 9.97 Å². The zero-order valence-corrected chi connectivity index (χ0v) is 15.1. The summed E-state index contributed by atoms with van der Waals surface area (Å²) < 4.78 is 0. The predicted molar refractivity (Wildman–Crippen MR) is 98.6 cm³/mol. The number of aryl methyl sites for hydroxylation is 3. The van der Waals surface area contributed by atoms with E-state index < -0.39 is 0 Å². The van der Waals surface area contributed by atoms with Crippen molar-refractivity contribution in [2.24, 2.45) is 5.92 Å². The van der Waals surface area contributed by atoms with Crippen molar-refractivity contribution in [1.29, 1.82) is 0 Å². The molecule has 0 aliphatic heterocycles. The molecule has 5 nitrogen and oxygen atoms in total. The van der Waals surface area contributed by atoms with Gasteiger partial charge in [-0.3, -0.25) is 4.79 Å². The van der Waals surface area contributed by atoms with Gasteiger partial charge in [-0.25, -0.2) is 9.97 Å². The molecule has 128 valence electrons. The van der Waals surface area contributed by atoms with Crippen molar-refractivity contribution in [3.63, 3.8) is 0 Å². The quantitative estimate of drug-likeness (QED) is 0.838. The molecule has 5 heteroatoms. The van der Waals surface area contributed by atoms with Crippen LogP contribution in [0.5, 0.6) is 0 Å². The van der Waals surface area contributed by atoms with Crippen molar-refractivity contribution < 1.29 is 4.79 Å². The Morgan fingerprint density at radius 2 is 1.75 bits per heavy atom. The molecular formula is C19H26N4O. The number of amides is 1. The maximum absolute atomic E-state index is 12.4. The molecule has 0 radical (unpaired) electrons. The van der Waals surface area contributed by atoms with Gasteiger partial charge in [0, 0.05) is 12.2 Å². The Morgan fingerprint density at radius 1 is 1.08 bits per heavy atom. The fourth-order valence-corrected chi connectivity index (χ4v) is 2.58. The highest BCUT2D eigenvalue weighted by Gasteiger charge is 2.12. The fourth-order valence-electron chi connectivity index (χ4n) is 2.58. The Bertz CT molecular complexity index is 685. The molecule has 0 atom stereocenters. The largest absolute Gasteiger partial charge is 0.369 e. The Balaban J connectivity index is 2.03. The summed E-state index contributed by atoms with van der Waals surface area (Å²) >= 11 is 0. The zero-order chi connectivity index (χ0) is 17.7. The molecule has 0 aliphatic carbocycles. The normalized spacial score (nSPS) is 10.8. The first kappa shape index (κ1) is 17.9. The van der Waals surface area contributed by atoms with Crippen LogP contribution in [0.3, 0.4) is 0 Å². The Morgan fingerprint density at radius 3 is 2.29 bits per heavy atom. The molecule has 1 aromatic heterocycles. The van der Waals surface area contributed by atoms with E-state index in [1.165, 1.54) is 11.8 Å². The van der Waals surface area contributed by atoms with Crippen LogP contribution < -0.4 is 10.6 Å². The van der Waals surface area contributed by atoms with Gasteiger partial charge in [0.1, 0.15) is 11.5 Å². The standard InChI is InChI=1S/C19H26N4O/c1-12(2)6-7-20-17-11-21-16(10-22-17)19(24)23-18-14(4)8-13(3)9-15(18)5/h8-12H,6-7H2,1-5H3,(H,20,22)(H,23,24). The molecule has 1 amide bonds. The number of hydrogen-bond donors (Lipinski definition) is 2. The van der Waals surface area contributed by atoms with E-state index in [0.717, 1.165) is 29.8 Å². The summed E-state index contributed by atoms with van der Waals surface area (Å²) in [7, 11) is 0. The summed E-state index contributed by atoms with van der Waals surface area (Å²) in [5.41, 5.74) is 4.41. The Labute approximate surface area is 143 Å². The number of anilines is 2. The van der Waals surface area contributed by atoms with E-state index >= 15 is 0 Å². The average Bonchev–Trinajstić information content (AvgIpc) is 2.51. The van der Waals surface area contributed by atoms with Gasteiger partial charge in [0.25, 0.3) is 5.91 Å². The van der Waals surface area contributed by atoms with E-state index in [1.807, 2.05) is 20.8 Å². The van der Waals surface area contributed by atoms with Crippen LogP contribution in [0.15, 0.2) is 24.5 Å². The summed E-state index contributed by atoms with van der Waals surface area (Å²) in [6.45, 7) is 11.2. The number of rotatable bonds is 6. The van der Waals surface area contributed by atoms with Crippen LogP contribution in [0, 0.1) is 26.7 Å². The predicted octanol–water partition coefficient (Wildman–Crippen LogP) is 4.11. The minimum atomic E-state index is -0.244. The minimum Gasteiger partial charge on any atom is -0.369 e. The number of carbonyl (C=O) groups excluding carboxylic acids is 1. The lowest BCUT2D eigenvalue weighted by Gasteiger charge is -2.12. The minimum absolute atomic E-state index is 0.244. The van der Waals surface area contributed by atoms with Gasteiger partial charge in [0.2, 0.25) is 0 Å². The third-order valence-corrected chi connectivity index (χ3v) is 3.83. The summed E-state index contributed by atoms with van der Waals surface area (Å²) in [6.07, 6.45) is 4.17. The number of nitrogens with one attached hydrogen (secondary N) is 2. The van der Waals surface area contributed by atoms with Crippen LogP contribution in [0.25, 0.3) is 0 Å². The van der Waals surface area contributed by atoms with Gasteiger partial charge in [0.05, 0.1) is 12.4 Å². The zero-order valence-electron chi connectivity index (χ0n) is 15.1. The average molecular weight is 326 g/mol. The van der Waals surface area contributed by atoms with E-state index in [9.17, 15) is 4.79 Å². The molecule has 0 saturated heterocycles. The number of hydrogen-bond acceptors (Lipinski definition) is 4. The fraction of sp³-hybridized carbons (Fsp3) is 0.421. The summed E-state index contributed by atoms with van der Waals surface area (Å²) in [5.74, 6) is 1.08. The highest BCUT2D eigenvalue weighted by Crippen LogP contribution is 2.22. The van der Waals surface area contributed by atoms with Crippen LogP contribution in [0.4, 0.5) is 11.5 Å². The molecule has 2 rings (SSSR count). The van der Waals surface area contributed by atoms with E-state index in [1.54, 1.807) is 6.20 Å². The molecule has 0 bridgehead atoms. The van der Waals surface area contributed by atoms with Crippen molar-refractivity contribution in [2.75, 3.05) is 17.2 Å². The van der Waals surface area contributed by atoms with Crippen LogP contribution in [0.2, 0.25) is 0 Å². The van der Waals surface area contributed by atoms with Crippen molar-refractivity contribution in [3.8, 4) is 0 Å². The summed E-state index contributed by atoms with van der Waals surface area (Å²) in [5, 5.41) is 6.15. The first-order valence-corrected chi connectivity index (χ1v) is 8.32.